The minimum atomic E-state index is -0.620. The van der Waals surface area contributed by atoms with Crippen LogP contribution in [0.1, 0.15) is 17.5 Å². The topological polar surface area (TPSA) is 50.7 Å². The van der Waals surface area contributed by atoms with Crippen LogP contribution < -0.4 is 5.32 Å². The Morgan fingerprint density at radius 3 is 2.65 bits per heavy atom. The molecule has 2 aromatic carbocycles. The molecule has 1 amide bonds. The number of oxime groups is 1. The van der Waals surface area contributed by atoms with E-state index in [1.54, 1.807) is 12.1 Å². The summed E-state index contributed by atoms with van der Waals surface area (Å²) < 4.78 is 12.9. The van der Waals surface area contributed by atoms with E-state index in [0.717, 1.165) is 12.0 Å². The minimum Gasteiger partial charge on any atom is -0.382 e. The molecule has 1 aliphatic rings. The van der Waals surface area contributed by atoms with E-state index < -0.39 is 6.10 Å². The molecule has 0 fully saturated rings. The lowest BCUT2D eigenvalue weighted by molar-refractivity contribution is -0.131. The highest BCUT2D eigenvalue weighted by Gasteiger charge is 2.28. The van der Waals surface area contributed by atoms with E-state index in [9.17, 15) is 9.18 Å². The number of nitrogens with one attached hydrogen (secondary N) is 1. The number of carbonyl (C=O) groups excluding carboxylic acids is 1. The molecule has 23 heavy (non-hydrogen) atoms. The standard InChI is InChI=1S/C18H17FN2O2/c19-15-8-6-14(7-9-15)16-12-17(23-21-16)18(22)20-11-10-13-4-2-1-3-5-13/h1-9,17H,10-12H2,(H,20,22)/t17-/m1/s1. The molecule has 1 N–H and O–H groups in total. The summed E-state index contributed by atoms with van der Waals surface area (Å²) >= 11 is 0. The van der Waals surface area contributed by atoms with Gasteiger partial charge in [0.15, 0.2) is 0 Å². The van der Waals surface area contributed by atoms with E-state index in [1.165, 1.54) is 17.7 Å². The van der Waals surface area contributed by atoms with Crippen LogP contribution in [0.25, 0.3) is 0 Å². The average molecular weight is 312 g/mol. The van der Waals surface area contributed by atoms with Crippen molar-refractivity contribution in [1.29, 1.82) is 0 Å². The van der Waals surface area contributed by atoms with Gasteiger partial charge in [-0.15, -0.1) is 0 Å². The average Bonchev–Trinajstić information content (AvgIpc) is 3.06. The molecule has 0 aromatic heterocycles. The highest BCUT2D eigenvalue weighted by atomic mass is 19.1. The lowest BCUT2D eigenvalue weighted by atomic mass is 10.0. The second kappa shape index (κ2) is 7.05. The summed E-state index contributed by atoms with van der Waals surface area (Å²) in [6.07, 6.45) is 0.541. The van der Waals surface area contributed by atoms with Crippen LogP contribution in [0.4, 0.5) is 4.39 Å². The van der Waals surface area contributed by atoms with Crippen LogP contribution in [-0.4, -0.2) is 24.3 Å². The molecule has 2 aromatic rings. The number of hydrogen-bond acceptors (Lipinski definition) is 3. The zero-order chi connectivity index (χ0) is 16.1. The first-order valence-electron chi connectivity index (χ1n) is 7.52. The van der Waals surface area contributed by atoms with E-state index in [1.807, 2.05) is 30.3 Å². The Morgan fingerprint density at radius 2 is 1.91 bits per heavy atom. The first-order valence-corrected chi connectivity index (χ1v) is 7.52. The van der Waals surface area contributed by atoms with Gasteiger partial charge in [0.25, 0.3) is 5.91 Å². The largest absolute Gasteiger partial charge is 0.382 e. The summed E-state index contributed by atoms with van der Waals surface area (Å²) in [5, 5.41) is 6.79. The van der Waals surface area contributed by atoms with E-state index in [-0.39, 0.29) is 11.7 Å². The Balaban J connectivity index is 1.48. The highest BCUT2D eigenvalue weighted by molar-refractivity contribution is 6.04. The Hall–Kier alpha value is -2.69. The van der Waals surface area contributed by atoms with E-state index in [4.69, 9.17) is 4.84 Å². The Labute approximate surface area is 134 Å². The smallest absolute Gasteiger partial charge is 0.264 e. The summed E-state index contributed by atoms with van der Waals surface area (Å²) in [5.41, 5.74) is 2.60. The summed E-state index contributed by atoms with van der Waals surface area (Å²) in [7, 11) is 0. The van der Waals surface area contributed by atoms with Crippen molar-refractivity contribution in [2.45, 2.75) is 18.9 Å². The molecule has 0 aliphatic carbocycles. The van der Waals surface area contributed by atoms with Crippen molar-refractivity contribution in [3.63, 3.8) is 0 Å². The van der Waals surface area contributed by atoms with Crippen molar-refractivity contribution in [2.75, 3.05) is 6.54 Å². The summed E-state index contributed by atoms with van der Waals surface area (Å²) in [5.74, 6) is -0.481. The number of amides is 1. The number of benzene rings is 2. The van der Waals surface area contributed by atoms with Crippen molar-refractivity contribution in [1.82, 2.24) is 5.32 Å². The van der Waals surface area contributed by atoms with Gasteiger partial charge in [0.1, 0.15) is 5.82 Å². The molecule has 3 rings (SSSR count). The lowest BCUT2D eigenvalue weighted by Crippen LogP contribution is -2.36. The van der Waals surface area contributed by atoms with Gasteiger partial charge in [0.05, 0.1) is 5.71 Å². The first kappa shape index (κ1) is 15.2. The van der Waals surface area contributed by atoms with Crippen LogP contribution in [0.2, 0.25) is 0 Å². The molecule has 0 saturated heterocycles. The first-order chi connectivity index (χ1) is 11.2. The molecule has 1 atom stereocenters. The predicted molar refractivity (Wildman–Crippen MR) is 85.6 cm³/mol. The van der Waals surface area contributed by atoms with Gasteiger partial charge >= 0.3 is 0 Å². The highest BCUT2D eigenvalue weighted by Crippen LogP contribution is 2.17. The molecule has 5 heteroatoms. The molecule has 0 saturated carbocycles. The number of carbonyl (C=O) groups is 1. The quantitative estimate of drug-likeness (QED) is 0.923. The van der Waals surface area contributed by atoms with Crippen molar-refractivity contribution in [3.05, 3.63) is 71.5 Å². The summed E-state index contributed by atoms with van der Waals surface area (Å²) in [4.78, 5) is 17.3. The Morgan fingerprint density at radius 1 is 1.17 bits per heavy atom. The molecular formula is C18H17FN2O2. The predicted octanol–water partition coefficient (Wildman–Crippen LogP) is 2.68. The Bertz CT molecular complexity index is 699. The third-order valence-electron chi connectivity index (χ3n) is 3.69. The normalized spacial score (nSPS) is 16.6. The van der Waals surface area contributed by atoms with Gasteiger partial charge in [-0.2, -0.15) is 0 Å². The van der Waals surface area contributed by atoms with E-state index in [0.29, 0.717) is 18.7 Å². The minimum absolute atomic E-state index is 0.179. The number of nitrogens with zero attached hydrogens (tertiary/aromatic N) is 1. The lowest BCUT2D eigenvalue weighted by Gasteiger charge is -2.09. The van der Waals surface area contributed by atoms with E-state index in [2.05, 4.69) is 10.5 Å². The SMILES string of the molecule is O=C(NCCc1ccccc1)[C@H]1CC(c2ccc(F)cc2)=NO1. The molecule has 118 valence electrons. The van der Waals surface area contributed by atoms with Crippen molar-refractivity contribution >= 4 is 11.6 Å². The van der Waals surface area contributed by atoms with E-state index >= 15 is 0 Å². The van der Waals surface area contributed by atoms with Gasteiger partial charge in [0.2, 0.25) is 6.10 Å². The molecule has 0 bridgehead atoms. The summed E-state index contributed by atoms with van der Waals surface area (Å²) in [6, 6.07) is 15.9. The maximum Gasteiger partial charge on any atom is 0.264 e. The summed E-state index contributed by atoms with van der Waals surface area (Å²) in [6.45, 7) is 0.550. The second-order valence-corrected chi connectivity index (χ2v) is 5.37. The zero-order valence-corrected chi connectivity index (χ0v) is 12.5. The Kier molecular flexibility index (Phi) is 4.66. The molecule has 4 nitrogen and oxygen atoms in total. The maximum atomic E-state index is 12.9. The molecule has 0 spiro atoms. The fraction of sp³-hybridized carbons (Fsp3) is 0.222. The van der Waals surface area contributed by atoms with Crippen LogP contribution in [0, 0.1) is 5.82 Å². The zero-order valence-electron chi connectivity index (χ0n) is 12.5. The van der Waals surface area contributed by atoms with Gasteiger partial charge in [-0.1, -0.05) is 47.6 Å². The van der Waals surface area contributed by atoms with Gasteiger partial charge in [-0.05, 0) is 29.7 Å². The second-order valence-electron chi connectivity index (χ2n) is 5.37. The van der Waals surface area contributed by atoms with Gasteiger partial charge in [-0.3, -0.25) is 4.79 Å². The number of rotatable bonds is 5. The van der Waals surface area contributed by atoms with Crippen molar-refractivity contribution in [2.24, 2.45) is 5.16 Å². The molecule has 1 heterocycles. The van der Waals surface area contributed by atoms with Crippen LogP contribution in [0.15, 0.2) is 59.8 Å². The van der Waals surface area contributed by atoms with Crippen molar-refractivity contribution < 1.29 is 14.0 Å². The number of halogens is 1. The van der Waals surface area contributed by atoms with Crippen LogP contribution in [-0.2, 0) is 16.1 Å². The van der Waals surface area contributed by atoms with Crippen LogP contribution in [0.5, 0.6) is 0 Å². The van der Waals surface area contributed by atoms with Crippen molar-refractivity contribution in [3.8, 4) is 0 Å². The van der Waals surface area contributed by atoms with Gasteiger partial charge in [-0.25, -0.2) is 4.39 Å². The third kappa shape index (κ3) is 3.94. The van der Waals surface area contributed by atoms with Crippen LogP contribution in [0.3, 0.4) is 0 Å². The maximum absolute atomic E-state index is 12.9. The monoisotopic (exact) mass is 312 g/mol. The molecule has 1 aliphatic heterocycles. The fourth-order valence-electron chi connectivity index (χ4n) is 2.42. The van der Waals surface area contributed by atoms with Gasteiger partial charge < -0.3 is 10.2 Å². The third-order valence-corrected chi connectivity index (χ3v) is 3.69. The van der Waals surface area contributed by atoms with Gasteiger partial charge in [0, 0.05) is 13.0 Å². The fourth-order valence-corrected chi connectivity index (χ4v) is 2.42. The molecule has 0 unspecified atom stereocenters. The molecule has 0 radical (unpaired) electrons. The number of hydrogen-bond donors (Lipinski definition) is 1. The molecular weight excluding hydrogens is 295 g/mol. The van der Waals surface area contributed by atoms with Crippen LogP contribution >= 0.6 is 0 Å².